The molecule has 76 valence electrons. The number of carbonyl (C=O) groups is 1. The monoisotopic (exact) mass is 185 g/mol. The minimum absolute atomic E-state index is 0.199. The van der Waals surface area contributed by atoms with E-state index < -0.39 is 0 Å². The largest absolute Gasteiger partial charge is 0.502 e. The maximum Gasteiger partial charge on any atom is 0.222 e. The van der Waals surface area contributed by atoms with Gasteiger partial charge in [-0.3, -0.25) is 4.79 Å². The van der Waals surface area contributed by atoms with E-state index in [1.807, 2.05) is 0 Å². The molecule has 0 unspecified atom stereocenters. The van der Waals surface area contributed by atoms with E-state index >= 15 is 0 Å². The lowest BCUT2D eigenvalue weighted by atomic mass is 10.2. The van der Waals surface area contributed by atoms with Gasteiger partial charge in [0.2, 0.25) is 5.91 Å². The first-order valence-electron chi connectivity index (χ1n) is 4.61. The topological polar surface area (TPSA) is 29.5 Å². The number of nitrogens with zero attached hydrogens (tertiary/aromatic N) is 1. The molecule has 0 aromatic rings. The third kappa shape index (κ3) is 7.37. The molecule has 0 radical (unpaired) electrons. The molecular formula is C10H19NO2. The van der Waals surface area contributed by atoms with Crippen LogP contribution in [0, 0.1) is 0 Å². The van der Waals surface area contributed by atoms with Crippen molar-refractivity contribution in [1.82, 2.24) is 4.90 Å². The van der Waals surface area contributed by atoms with Crippen molar-refractivity contribution < 1.29 is 9.53 Å². The van der Waals surface area contributed by atoms with Crippen LogP contribution in [0.3, 0.4) is 0 Å². The molecule has 0 aromatic carbocycles. The second kappa shape index (κ2) is 7.65. The van der Waals surface area contributed by atoms with Crippen LogP contribution in [0.15, 0.2) is 12.8 Å². The normalized spacial score (nSPS) is 9.38. The zero-order chi connectivity index (χ0) is 10.1. The molecule has 13 heavy (non-hydrogen) atoms. The van der Waals surface area contributed by atoms with E-state index in [0.29, 0.717) is 13.0 Å². The highest BCUT2D eigenvalue weighted by molar-refractivity contribution is 5.75. The van der Waals surface area contributed by atoms with Crippen LogP contribution < -0.4 is 0 Å². The number of hydrogen-bond donors (Lipinski definition) is 0. The Bertz CT molecular complexity index is 155. The summed E-state index contributed by atoms with van der Waals surface area (Å²) < 4.78 is 4.96. The van der Waals surface area contributed by atoms with Crippen LogP contribution in [0.4, 0.5) is 0 Å². The van der Waals surface area contributed by atoms with Gasteiger partial charge in [-0.15, -0.1) is 0 Å². The van der Waals surface area contributed by atoms with Crippen LogP contribution in [0.2, 0.25) is 0 Å². The molecule has 0 atom stereocenters. The van der Waals surface area contributed by atoms with E-state index in [1.165, 1.54) is 6.26 Å². The van der Waals surface area contributed by atoms with Crippen LogP contribution in [0.25, 0.3) is 0 Å². The van der Waals surface area contributed by atoms with Crippen molar-refractivity contribution in [3.8, 4) is 0 Å². The van der Waals surface area contributed by atoms with Crippen molar-refractivity contribution >= 4 is 5.91 Å². The molecule has 0 aliphatic heterocycles. The lowest BCUT2D eigenvalue weighted by Crippen LogP contribution is -2.21. The Morgan fingerprint density at radius 2 is 2.08 bits per heavy atom. The number of carbonyl (C=O) groups excluding carboxylic acids is 1. The first-order valence-corrected chi connectivity index (χ1v) is 4.61. The van der Waals surface area contributed by atoms with E-state index in [-0.39, 0.29) is 5.91 Å². The smallest absolute Gasteiger partial charge is 0.222 e. The Morgan fingerprint density at radius 1 is 1.38 bits per heavy atom. The van der Waals surface area contributed by atoms with E-state index in [1.54, 1.807) is 19.0 Å². The quantitative estimate of drug-likeness (QED) is 0.447. The number of amides is 1. The second-order valence-electron chi connectivity index (χ2n) is 3.14. The molecule has 0 heterocycles. The standard InChI is InChI=1S/C10H19NO2/c1-4-13-9-7-5-6-8-10(12)11(2)3/h4H,1,5-9H2,2-3H3. The Kier molecular flexibility index (Phi) is 7.07. The fraction of sp³-hybridized carbons (Fsp3) is 0.700. The third-order valence-corrected chi connectivity index (χ3v) is 1.77. The lowest BCUT2D eigenvalue weighted by molar-refractivity contribution is -0.128. The van der Waals surface area contributed by atoms with Gasteiger partial charge >= 0.3 is 0 Å². The van der Waals surface area contributed by atoms with Crippen LogP contribution in [-0.4, -0.2) is 31.5 Å². The SMILES string of the molecule is C=COCCCCCC(=O)N(C)C. The van der Waals surface area contributed by atoms with Crippen molar-refractivity contribution in [3.63, 3.8) is 0 Å². The summed E-state index contributed by atoms with van der Waals surface area (Å²) in [4.78, 5) is 12.7. The highest BCUT2D eigenvalue weighted by Crippen LogP contribution is 2.01. The van der Waals surface area contributed by atoms with Crippen LogP contribution in [0.1, 0.15) is 25.7 Å². The van der Waals surface area contributed by atoms with E-state index in [0.717, 1.165) is 19.3 Å². The molecule has 0 aromatic heterocycles. The van der Waals surface area contributed by atoms with Crippen molar-refractivity contribution in [2.45, 2.75) is 25.7 Å². The molecule has 0 aliphatic carbocycles. The molecular weight excluding hydrogens is 166 g/mol. The van der Waals surface area contributed by atoms with E-state index in [4.69, 9.17) is 4.74 Å². The van der Waals surface area contributed by atoms with Gasteiger partial charge < -0.3 is 9.64 Å². The summed E-state index contributed by atoms with van der Waals surface area (Å²) in [5.41, 5.74) is 0. The average Bonchev–Trinajstić information content (AvgIpc) is 2.10. The number of rotatable bonds is 7. The summed E-state index contributed by atoms with van der Waals surface area (Å²) >= 11 is 0. The minimum atomic E-state index is 0.199. The fourth-order valence-corrected chi connectivity index (χ4v) is 0.945. The zero-order valence-electron chi connectivity index (χ0n) is 8.58. The molecule has 0 rings (SSSR count). The number of hydrogen-bond acceptors (Lipinski definition) is 2. The molecule has 3 heteroatoms. The van der Waals surface area contributed by atoms with Crippen molar-refractivity contribution in [2.75, 3.05) is 20.7 Å². The molecule has 0 saturated heterocycles. The average molecular weight is 185 g/mol. The Morgan fingerprint density at radius 3 is 2.62 bits per heavy atom. The van der Waals surface area contributed by atoms with E-state index in [9.17, 15) is 4.79 Å². The summed E-state index contributed by atoms with van der Waals surface area (Å²) in [5, 5.41) is 0. The maximum atomic E-state index is 11.1. The summed E-state index contributed by atoms with van der Waals surface area (Å²) in [7, 11) is 3.56. The molecule has 0 bridgehead atoms. The van der Waals surface area contributed by atoms with Gasteiger partial charge in [0.05, 0.1) is 12.9 Å². The highest BCUT2D eigenvalue weighted by atomic mass is 16.5. The van der Waals surface area contributed by atoms with E-state index in [2.05, 4.69) is 6.58 Å². The Hall–Kier alpha value is -0.990. The van der Waals surface area contributed by atoms with Gasteiger partial charge in [-0.25, -0.2) is 0 Å². The first kappa shape index (κ1) is 12.0. The van der Waals surface area contributed by atoms with Crippen molar-refractivity contribution in [3.05, 3.63) is 12.8 Å². The van der Waals surface area contributed by atoms with Gasteiger partial charge in [0.1, 0.15) is 0 Å². The molecule has 3 nitrogen and oxygen atoms in total. The predicted molar refractivity (Wildman–Crippen MR) is 53.3 cm³/mol. The maximum absolute atomic E-state index is 11.1. The number of unbranched alkanes of at least 4 members (excludes halogenated alkanes) is 2. The first-order chi connectivity index (χ1) is 6.18. The Labute approximate surface area is 80.4 Å². The zero-order valence-corrected chi connectivity index (χ0v) is 8.58. The van der Waals surface area contributed by atoms with Gasteiger partial charge in [0.15, 0.2) is 0 Å². The van der Waals surface area contributed by atoms with Gasteiger partial charge in [0.25, 0.3) is 0 Å². The van der Waals surface area contributed by atoms with Crippen LogP contribution in [0.5, 0.6) is 0 Å². The summed E-state index contributed by atoms with van der Waals surface area (Å²) in [6.07, 6.45) is 5.06. The third-order valence-electron chi connectivity index (χ3n) is 1.77. The van der Waals surface area contributed by atoms with Gasteiger partial charge in [-0.05, 0) is 19.3 Å². The van der Waals surface area contributed by atoms with Gasteiger partial charge in [-0.1, -0.05) is 6.58 Å². The molecule has 1 amide bonds. The summed E-state index contributed by atoms with van der Waals surface area (Å²) in [5.74, 6) is 0.199. The highest BCUT2D eigenvalue weighted by Gasteiger charge is 2.01. The van der Waals surface area contributed by atoms with Crippen molar-refractivity contribution in [2.24, 2.45) is 0 Å². The predicted octanol–water partition coefficient (Wildman–Crippen LogP) is 1.80. The van der Waals surface area contributed by atoms with Gasteiger partial charge in [0, 0.05) is 20.5 Å². The minimum Gasteiger partial charge on any atom is -0.502 e. The second-order valence-corrected chi connectivity index (χ2v) is 3.14. The van der Waals surface area contributed by atoms with Crippen LogP contribution >= 0.6 is 0 Å². The molecule has 0 spiro atoms. The van der Waals surface area contributed by atoms with Crippen molar-refractivity contribution in [1.29, 1.82) is 0 Å². The molecule has 0 N–H and O–H groups in total. The summed E-state index contributed by atoms with van der Waals surface area (Å²) in [6, 6.07) is 0. The van der Waals surface area contributed by atoms with Gasteiger partial charge in [-0.2, -0.15) is 0 Å². The Balaban J connectivity index is 3.16. The molecule has 0 saturated carbocycles. The molecule has 0 fully saturated rings. The van der Waals surface area contributed by atoms with Crippen LogP contribution in [-0.2, 0) is 9.53 Å². The fourth-order valence-electron chi connectivity index (χ4n) is 0.945. The molecule has 0 aliphatic rings. The lowest BCUT2D eigenvalue weighted by Gasteiger charge is -2.09. The summed E-state index contributed by atoms with van der Waals surface area (Å²) in [6.45, 7) is 4.15. The number of ether oxygens (including phenoxy) is 1.